The number of hydrogen-bond donors (Lipinski definition) is 0. The Hall–Kier alpha value is -1.02. The van der Waals surface area contributed by atoms with E-state index in [4.69, 9.17) is 16.3 Å². The molecule has 2 nitrogen and oxygen atoms in total. The molecule has 1 atom stereocenters. The lowest BCUT2D eigenvalue weighted by Crippen LogP contribution is -2.19. The second kappa shape index (κ2) is 3.86. The molecular formula is C12H13ClO2. The summed E-state index contributed by atoms with van der Waals surface area (Å²) in [5.74, 6) is 0.700. The van der Waals surface area contributed by atoms with Crippen molar-refractivity contribution >= 4 is 17.4 Å². The van der Waals surface area contributed by atoms with Gasteiger partial charge in [0.25, 0.3) is 0 Å². The van der Waals surface area contributed by atoms with Crippen molar-refractivity contribution in [1.82, 2.24) is 0 Å². The third-order valence-electron chi connectivity index (χ3n) is 2.65. The second-order valence-electron chi connectivity index (χ2n) is 3.83. The summed E-state index contributed by atoms with van der Waals surface area (Å²) in [6.45, 7) is 3.96. The Labute approximate surface area is 94.2 Å². The smallest absolute Gasteiger partial charge is 0.208 e. The van der Waals surface area contributed by atoms with Gasteiger partial charge in [-0.1, -0.05) is 31.0 Å². The monoisotopic (exact) mass is 224 g/mol. The number of ether oxygens (including phenoxy) is 1. The van der Waals surface area contributed by atoms with Crippen molar-refractivity contribution in [3.8, 4) is 5.75 Å². The van der Waals surface area contributed by atoms with Crippen molar-refractivity contribution in [2.24, 2.45) is 0 Å². The molecule has 80 valence electrons. The van der Waals surface area contributed by atoms with E-state index in [0.717, 1.165) is 18.4 Å². The number of ketones is 1. The van der Waals surface area contributed by atoms with Crippen molar-refractivity contribution in [2.45, 2.75) is 32.8 Å². The molecule has 1 heterocycles. The van der Waals surface area contributed by atoms with Gasteiger partial charge in [0, 0.05) is 0 Å². The summed E-state index contributed by atoms with van der Waals surface area (Å²) in [5.41, 5.74) is 1.54. The van der Waals surface area contributed by atoms with E-state index in [0.29, 0.717) is 16.3 Å². The van der Waals surface area contributed by atoms with Gasteiger partial charge in [0.1, 0.15) is 5.75 Å². The van der Waals surface area contributed by atoms with E-state index in [9.17, 15) is 4.79 Å². The molecule has 0 fully saturated rings. The highest BCUT2D eigenvalue weighted by Gasteiger charge is 2.34. The average Bonchev–Trinajstić information content (AvgIpc) is 2.53. The minimum atomic E-state index is -0.330. The summed E-state index contributed by atoms with van der Waals surface area (Å²) in [6, 6.07) is 3.63. The lowest BCUT2D eigenvalue weighted by Gasteiger charge is -2.07. The number of hydrogen-bond acceptors (Lipinski definition) is 2. The number of benzene rings is 1. The zero-order valence-electron chi connectivity index (χ0n) is 8.84. The lowest BCUT2D eigenvalue weighted by molar-refractivity contribution is 0.0845. The van der Waals surface area contributed by atoms with Gasteiger partial charge in [0.15, 0.2) is 6.10 Å². The van der Waals surface area contributed by atoms with Crippen LogP contribution in [0.3, 0.4) is 0 Å². The van der Waals surface area contributed by atoms with Crippen LogP contribution in [0.1, 0.15) is 35.7 Å². The fourth-order valence-electron chi connectivity index (χ4n) is 1.85. The minimum absolute atomic E-state index is 0.0283. The number of aryl methyl sites for hydroxylation is 1. The quantitative estimate of drug-likeness (QED) is 0.770. The van der Waals surface area contributed by atoms with Gasteiger partial charge in [-0.15, -0.1) is 0 Å². The number of carbonyl (C=O) groups is 1. The molecule has 0 N–H and O–H groups in total. The molecule has 1 aliphatic rings. The molecular weight excluding hydrogens is 212 g/mol. The van der Waals surface area contributed by atoms with Gasteiger partial charge >= 0.3 is 0 Å². The highest BCUT2D eigenvalue weighted by Crippen LogP contribution is 2.38. The minimum Gasteiger partial charge on any atom is -0.481 e. The first-order chi connectivity index (χ1) is 7.15. The van der Waals surface area contributed by atoms with Crippen LogP contribution in [0, 0.1) is 6.92 Å². The molecule has 0 spiro atoms. The first kappa shape index (κ1) is 10.5. The van der Waals surface area contributed by atoms with Crippen LogP contribution in [0.4, 0.5) is 0 Å². The predicted molar refractivity (Wildman–Crippen MR) is 59.8 cm³/mol. The molecule has 0 amide bonds. The third-order valence-corrected chi connectivity index (χ3v) is 2.97. The van der Waals surface area contributed by atoms with Gasteiger partial charge in [0.2, 0.25) is 5.78 Å². The first-order valence-corrected chi connectivity index (χ1v) is 5.53. The van der Waals surface area contributed by atoms with E-state index in [1.165, 1.54) is 0 Å². The molecule has 15 heavy (non-hydrogen) atoms. The maximum atomic E-state index is 12.0. The molecule has 1 unspecified atom stereocenters. The van der Waals surface area contributed by atoms with Crippen molar-refractivity contribution < 1.29 is 9.53 Å². The molecule has 1 aromatic rings. The summed E-state index contributed by atoms with van der Waals surface area (Å²) >= 11 is 6.00. The van der Waals surface area contributed by atoms with Crippen LogP contribution < -0.4 is 4.74 Å². The summed E-state index contributed by atoms with van der Waals surface area (Å²) in [4.78, 5) is 12.0. The molecule has 1 aliphatic heterocycles. The van der Waals surface area contributed by atoms with Crippen LogP contribution in [-0.4, -0.2) is 11.9 Å². The Balaban J connectivity index is 2.44. The van der Waals surface area contributed by atoms with Gasteiger partial charge in [-0.05, 0) is 25.0 Å². The van der Waals surface area contributed by atoms with Crippen LogP contribution in [0.25, 0.3) is 0 Å². The normalized spacial score (nSPS) is 18.9. The first-order valence-electron chi connectivity index (χ1n) is 5.15. The van der Waals surface area contributed by atoms with Crippen LogP contribution in [0.2, 0.25) is 5.02 Å². The Kier molecular flexibility index (Phi) is 2.70. The summed E-state index contributed by atoms with van der Waals surface area (Å²) in [7, 11) is 0. The summed E-state index contributed by atoms with van der Waals surface area (Å²) in [6.07, 6.45) is 1.35. The molecule has 0 radical (unpaired) electrons. The number of halogens is 1. The maximum Gasteiger partial charge on any atom is 0.208 e. The Morgan fingerprint density at radius 2 is 2.20 bits per heavy atom. The number of rotatable bonds is 2. The average molecular weight is 225 g/mol. The zero-order chi connectivity index (χ0) is 11.0. The number of fused-ring (bicyclic) bond motifs is 1. The molecule has 3 heteroatoms. The number of Topliss-reactive ketones (excluding diaryl/α,β-unsaturated/α-hetero) is 1. The Bertz CT molecular complexity index is 412. The fourth-order valence-corrected chi connectivity index (χ4v) is 2.10. The van der Waals surface area contributed by atoms with E-state index in [1.807, 2.05) is 19.9 Å². The van der Waals surface area contributed by atoms with Gasteiger partial charge in [-0.3, -0.25) is 4.79 Å². The van der Waals surface area contributed by atoms with E-state index < -0.39 is 0 Å². The van der Waals surface area contributed by atoms with Crippen molar-refractivity contribution in [2.75, 3.05) is 0 Å². The largest absolute Gasteiger partial charge is 0.481 e. The van der Waals surface area contributed by atoms with Crippen LogP contribution in [0.5, 0.6) is 5.75 Å². The van der Waals surface area contributed by atoms with Crippen molar-refractivity contribution in [3.05, 3.63) is 28.3 Å². The van der Waals surface area contributed by atoms with E-state index in [2.05, 4.69) is 0 Å². The van der Waals surface area contributed by atoms with Gasteiger partial charge in [0.05, 0.1) is 10.6 Å². The third kappa shape index (κ3) is 1.63. The zero-order valence-corrected chi connectivity index (χ0v) is 9.60. The van der Waals surface area contributed by atoms with E-state index in [1.54, 1.807) is 6.07 Å². The summed E-state index contributed by atoms with van der Waals surface area (Å²) < 4.78 is 5.64. The van der Waals surface area contributed by atoms with Gasteiger partial charge < -0.3 is 4.74 Å². The molecule has 0 aromatic heterocycles. The molecule has 2 rings (SSSR count). The van der Waals surface area contributed by atoms with Crippen LogP contribution in [-0.2, 0) is 0 Å². The van der Waals surface area contributed by atoms with E-state index in [-0.39, 0.29) is 11.9 Å². The van der Waals surface area contributed by atoms with E-state index >= 15 is 0 Å². The molecule has 1 aromatic carbocycles. The van der Waals surface area contributed by atoms with Crippen molar-refractivity contribution in [1.29, 1.82) is 0 Å². The van der Waals surface area contributed by atoms with Crippen molar-refractivity contribution in [3.63, 3.8) is 0 Å². The Morgan fingerprint density at radius 3 is 2.80 bits per heavy atom. The molecule has 0 bridgehead atoms. The fraction of sp³-hybridized carbons (Fsp3) is 0.417. The highest BCUT2D eigenvalue weighted by atomic mass is 35.5. The lowest BCUT2D eigenvalue weighted by atomic mass is 10.0. The predicted octanol–water partition coefficient (Wildman–Crippen LogP) is 3.39. The second-order valence-corrected chi connectivity index (χ2v) is 4.24. The molecule has 0 saturated heterocycles. The summed E-state index contributed by atoms with van der Waals surface area (Å²) in [5, 5.41) is 0.499. The van der Waals surface area contributed by atoms with Crippen LogP contribution >= 0.6 is 11.6 Å². The molecule has 0 aliphatic carbocycles. The molecule has 0 saturated carbocycles. The standard InChI is InChI=1S/C12H13ClO2/c1-3-4-9-11(14)10-8(13)6-5-7(2)12(10)15-9/h5-6,9H,3-4H2,1-2H3. The maximum absolute atomic E-state index is 12.0. The SMILES string of the molecule is CCCC1Oc2c(C)ccc(Cl)c2C1=O. The van der Waals surface area contributed by atoms with Gasteiger partial charge in [-0.2, -0.15) is 0 Å². The number of carbonyl (C=O) groups excluding carboxylic acids is 1. The Morgan fingerprint density at radius 1 is 1.47 bits per heavy atom. The van der Waals surface area contributed by atoms with Gasteiger partial charge in [-0.25, -0.2) is 0 Å². The topological polar surface area (TPSA) is 26.3 Å². The highest BCUT2D eigenvalue weighted by molar-refractivity contribution is 6.35. The van der Waals surface area contributed by atoms with Crippen LogP contribution in [0.15, 0.2) is 12.1 Å².